The van der Waals surface area contributed by atoms with E-state index in [4.69, 9.17) is 9.47 Å². The minimum atomic E-state index is -0.962. The molecule has 1 fully saturated rings. The smallest absolute Gasteiger partial charge is 0.263 e. The van der Waals surface area contributed by atoms with Gasteiger partial charge < -0.3 is 14.8 Å². The third-order valence-corrected chi connectivity index (χ3v) is 5.65. The summed E-state index contributed by atoms with van der Waals surface area (Å²) < 4.78 is 10.4. The lowest BCUT2D eigenvalue weighted by Gasteiger charge is -2.20. The van der Waals surface area contributed by atoms with E-state index >= 15 is 0 Å². The second-order valence-electron chi connectivity index (χ2n) is 8.07. The second-order valence-corrected chi connectivity index (χ2v) is 8.07. The number of rotatable bonds is 7. The van der Waals surface area contributed by atoms with E-state index in [1.165, 1.54) is 19.2 Å². The molecule has 2 aliphatic rings. The highest BCUT2D eigenvalue weighted by Crippen LogP contribution is 2.33. The van der Waals surface area contributed by atoms with Crippen molar-refractivity contribution in [1.82, 2.24) is 5.01 Å². The summed E-state index contributed by atoms with van der Waals surface area (Å²) in [6.07, 6.45) is 0. The van der Waals surface area contributed by atoms with Crippen LogP contribution in [0.1, 0.15) is 25.3 Å². The highest BCUT2D eigenvalue weighted by molar-refractivity contribution is 6.25. The van der Waals surface area contributed by atoms with Crippen LogP contribution in [-0.4, -0.2) is 55.6 Å². The quantitative estimate of drug-likeness (QED) is 0.648. The summed E-state index contributed by atoms with van der Waals surface area (Å²) >= 11 is 0. The number of methoxy groups -OCH3 is 2. The van der Waals surface area contributed by atoms with E-state index in [0.29, 0.717) is 28.8 Å². The number of hydrogen-bond donors (Lipinski definition) is 1. The van der Waals surface area contributed by atoms with Gasteiger partial charge in [0.05, 0.1) is 19.9 Å². The molecule has 1 N–H and O–H groups in total. The largest absolute Gasteiger partial charge is 0.493 e. The standard InChI is InChI=1S/C23H25N5O5/c1-13(2)14-5-8-16(9-6-14)28-22(30)20-21(23(28)31)27(26-25-20)12-19(29)24-15-7-10-17(32-3)18(11-15)33-4/h5-11,13,20-21H,12H2,1-4H3,(H,24,29). The van der Waals surface area contributed by atoms with Gasteiger partial charge in [-0.1, -0.05) is 31.2 Å². The summed E-state index contributed by atoms with van der Waals surface area (Å²) in [6, 6.07) is 10.3. The minimum Gasteiger partial charge on any atom is -0.493 e. The van der Waals surface area contributed by atoms with Gasteiger partial charge in [0.15, 0.2) is 23.6 Å². The molecule has 2 aliphatic heterocycles. The van der Waals surface area contributed by atoms with E-state index < -0.39 is 29.8 Å². The number of carbonyl (C=O) groups is 3. The topological polar surface area (TPSA) is 113 Å². The molecule has 0 aliphatic carbocycles. The highest BCUT2D eigenvalue weighted by atomic mass is 16.5. The van der Waals surface area contributed by atoms with Gasteiger partial charge in [0.2, 0.25) is 5.91 Å². The zero-order chi connectivity index (χ0) is 23.7. The Hall–Kier alpha value is -3.95. The number of hydrogen-bond acceptors (Lipinski definition) is 8. The van der Waals surface area contributed by atoms with Crippen LogP contribution in [0.15, 0.2) is 52.8 Å². The Morgan fingerprint density at radius 1 is 1.03 bits per heavy atom. The van der Waals surface area contributed by atoms with Crippen molar-refractivity contribution in [2.24, 2.45) is 10.3 Å². The summed E-state index contributed by atoms with van der Waals surface area (Å²) in [5.74, 6) is 0.00827. The molecule has 2 atom stereocenters. The van der Waals surface area contributed by atoms with E-state index in [1.807, 2.05) is 12.1 Å². The predicted octanol–water partition coefficient (Wildman–Crippen LogP) is 2.76. The third-order valence-electron chi connectivity index (χ3n) is 5.65. The van der Waals surface area contributed by atoms with Gasteiger partial charge in [-0.2, -0.15) is 5.11 Å². The van der Waals surface area contributed by atoms with E-state index in [1.54, 1.807) is 30.3 Å². The number of fused-ring (bicyclic) bond motifs is 1. The lowest BCUT2D eigenvalue weighted by atomic mass is 10.0. The molecule has 2 aromatic carbocycles. The van der Waals surface area contributed by atoms with E-state index in [0.717, 1.165) is 10.5 Å². The molecule has 0 spiro atoms. The lowest BCUT2D eigenvalue weighted by Crippen LogP contribution is -2.43. The Morgan fingerprint density at radius 2 is 1.73 bits per heavy atom. The average Bonchev–Trinajstić information content (AvgIpc) is 3.32. The molecular formula is C23H25N5O5. The van der Waals surface area contributed by atoms with Gasteiger partial charge >= 0.3 is 0 Å². The maximum Gasteiger partial charge on any atom is 0.263 e. The summed E-state index contributed by atoms with van der Waals surface area (Å²) in [7, 11) is 3.02. The first kappa shape index (κ1) is 22.3. The number of benzene rings is 2. The van der Waals surface area contributed by atoms with Gasteiger partial charge in [0, 0.05) is 11.8 Å². The molecule has 172 valence electrons. The first-order valence-corrected chi connectivity index (χ1v) is 10.5. The van der Waals surface area contributed by atoms with Crippen LogP contribution in [0.2, 0.25) is 0 Å². The molecule has 10 heteroatoms. The molecule has 1 saturated heterocycles. The van der Waals surface area contributed by atoms with Crippen molar-refractivity contribution in [2.75, 3.05) is 31.0 Å². The first-order valence-electron chi connectivity index (χ1n) is 10.5. The zero-order valence-corrected chi connectivity index (χ0v) is 18.8. The Bertz CT molecular complexity index is 1110. The summed E-state index contributed by atoms with van der Waals surface area (Å²) in [5.41, 5.74) is 2.07. The summed E-state index contributed by atoms with van der Waals surface area (Å²) in [6.45, 7) is 3.89. The molecule has 0 saturated carbocycles. The first-order chi connectivity index (χ1) is 15.8. The number of nitrogens with one attached hydrogen (secondary N) is 1. The fourth-order valence-corrected chi connectivity index (χ4v) is 3.88. The molecule has 4 rings (SSSR count). The maximum atomic E-state index is 13.1. The summed E-state index contributed by atoms with van der Waals surface area (Å²) in [5, 5.41) is 11.9. The number of anilines is 2. The minimum absolute atomic E-state index is 0.238. The highest BCUT2D eigenvalue weighted by Gasteiger charge is 2.55. The zero-order valence-electron chi connectivity index (χ0n) is 18.8. The fourth-order valence-electron chi connectivity index (χ4n) is 3.88. The van der Waals surface area contributed by atoms with Crippen LogP contribution in [0.5, 0.6) is 11.5 Å². The van der Waals surface area contributed by atoms with Crippen LogP contribution < -0.4 is 19.7 Å². The molecule has 0 bridgehead atoms. The van der Waals surface area contributed by atoms with Crippen molar-refractivity contribution in [3.63, 3.8) is 0 Å². The van der Waals surface area contributed by atoms with Gasteiger partial charge in [-0.15, -0.1) is 0 Å². The lowest BCUT2D eigenvalue weighted by molar-refractivity contribution is -0.123. The van der Waals surface area contributed by atoms with Crippen LogP contribution in [-0.2, 0) is 14.4 Å². The number of ether oxygens (including phenoxy) is 2. The number of nitrogens with zero attached hydrogens (tertiary/aromatic N) is 4. The van der Waals surface area contributed by atoms with Gasteiger partial charge in [-0.25, -0.2) is 4.90 Å². The van der Waals surface area contributed by atoms with Crippen molar-refractivity contribution in [3.05, 3.63) is 48.0 Å². The van der Waals surface area contributed by atoms with Gasteiger partial charge in [0.25, 0.3) is 11.8 Å². The van der Waals surface area contributed by atoms with Crippen LogP contribution in [0, 0.1) is 0 Å². The Labute approximate surface area is 191 Å². The number of imide groups is 1. The van der Waals surface area contributed by atoms with Gasteiger partial charge in [-0.05, 0) is 35.7 Å². The van der Waals surface area contributed by atoms with Crippen molar-refractivity contribution in [3.8, 4) is 11.5 Å². The average molecular weight is 451 g/mol. The van der Waals surface area contributed by atoms with Crippen molar-refractivity contribution < 1.29 is 23.9 Å². The molecule has 2 aromatic rings. The molecule has 2 unspecified atom stereocenters. The monoisotopic (exact) mass is 451 g/mol. The van der Waals surface area contributed by atoms with E-state index in [-0.39, 0.29) is 6.54 Å². The third kappa shape index (κ3) is 4.11. The van der Waals surface area contributed by atoms with Crippen molar-refractivity contribution in [2.45, 2.75) is 31.8 Å². The Balaban J connectivity index is 1.46. The van der Waals surface area contributed by atoms with Gasteiger partial charge in [-0.3, -0.25) is 19.4 Å². The normalized spacial score (nSPS) is 19.3. The SMILES string of the molecule is COc1ccc(NC(=O)CN2N=NC3C(=O)N(c4ccc(C(C)C)cc4)C(=O)C32)cc1OC. The number of amides is 3. The Morgan fingerprint density at radius 3 is 2.36 bits per heavy atom. The second kappa shape index (κ2) is 8.89. The molecular weight excluding hydrogens is 426 g/mol. The van der Waals surface area contributed by atoms with E-state index in [2.05, 4.69) is 29.5 Å². The molecule has 0 radical (unpaired) electrons. The van der Waals surface area contributed by atoms with Crippen LogP contribution in [0.4, 0.5) is 11.4 Å². The molecule has 33 heavy (non-hydrogen) atoms. The van der Waals surface area contributed by atoms with Crippen LogP contribution >= 0.6 is 0 Å². The van der Waals surface area contributed by atoms with Crippen LogP contribution in [0.3, 0.4) is 0 Å². The van der Waals surface area contributed by atoms with Gasteiger partial charge in [0.1, 0.15) is 6.54 Å². The summed E-state index contributed by atoms with van der Waals surface area (Å²) in [4.78, 5) is 39.7. The maximum absolute atomic E-state index is 13.1. The number of carbonyl (C=O) groups excluding carboxylic acids is 3. The molecule has 10 nitrogen and oxygen atoms in total. The molecule has 0 aromatic heterocycles. The Kier molecular flexibility index (Phi) is 5.99. The predicted molar refractivity (Wildman–Crippen MR) is 120 cm³/mol. The molecule has 3 amide bonds. The van der Waals surface area contributed by atoms with Crippen molar-refractivity contribution in [1.29, 1.82) is 0 Å². The van der Waals surface area contributed by atoms with E-state index in [9.17, 15) is 14.4 Å². The fraction of sp³-hybridized carbons (Fsp3) is 0.348. The van der Waals surface area contributed by atoms with Crippen molar-refractivity contribution >= 4 is 29.1 Å². The van der Waals surface area contributed by atoms with Crippen LogP contribution in [0.25, 0.3) is 0 Å². The molecule has 2 heterocycles.